The van der Waals surface area contributed by atoms with Gasteiger partial charge in [-0.05, 0) is 36.7 Å². The first kappa shape index (κ1) is 17.1. The van der Waals surface area contributed by atoms with Gasteiger partial charge in [-0.3, -0.25) is 0 Å². The average molecular weight is 390 g/mol. The van der Waals surface area contributed by atoms with Gasteiger partial charge in [0.25, 0.3) is 0 Å². The first-order valence-electron chi connectivity index (χ1n) is 7.98. The number of halogens is 1. The molecular formula is C16H15FN6OS2. The van der Waals surface area contributed by atoms with Gasteiger partial charge in [0.15, 0.2) is 26.5 Å². The Morgan fingerprint density at radius 3 is 2.92 bits per heavy atom. The normalized spacial score (nSPS) is 11.6. The summed E-state index contributed by atoms with van der Waals surface area (Å²) in [6.07, 6.45) is 2.86. The lowest BCUT2D eigenvalue weighted by Crippen LogP contribution is -2.02. The number of fused-ring (bicyclic) bond motifs is 2. The molecule has 7 nitrogen and oxygen atoms in total. The fourth-order valence-electron chi connectivity index (χ4n) is 2.61. The highest BCUT2D eigenvalue weighted by Gasteiger charge is 2.18. The number of nitrogens with zero attached hydrogens (tertiary/aromatic N) is 5. The Balaban J connectivity index is 1.75. The lowest BCUT2D eigenvalue weighted by Gasteiger charge is -2.06. The van der Waals surface area contributed by atoms with Gasteiger partial charge in [0.2, 0.25) is 0 Å². The van der Waals surface area contributed by atoms with E-state index in [1.807, 2.05) is 4.57 Å². The van der Waals surface area contributed by atoms with E-state index in [2.05, 4.69) is 19.9 Å². The van der Waals surface area contributed by atoms with E-state index in [0.29, 0.717) is 49.7 Å². The van der Waals surface area contributed by atoms with Gasteiger partial charge in [-0.25, -0.2) is 24.3 Å². The van der Waals surface area contributed by atoms with Crippen molar-refractivity contribution in [1.82, 2.24) is 24.5 Å². The van der Waals surface area contributed by atoms with Gasteiger partial charge < -0.3 is 15.4 Å². The molecular weight excluding hydrogens is 375 g/mol. The maximum Gasteiger partial charge on any atom is 0.177 e. The van der Waals surface area contributed by atoms with Gasteiger partial charge >= 0.3 is 0 Å². The lowest BCUT2D eigenvalue weighted by atomic mass is 10.3. The molecule has 0 saturated heterocycles. The number of unbranched alkanes of at least 4 members (excludes halogenated alkanes) is 1. The predicted molar refractivity (Wildman–Crippen MR) is 99.8 cm³/mol. The molecule has 0 saturated carbocycles. The standard InChI is InChI=1S/C16H15FN6OS2/c17-9-4-3-5-10-12(9)25-16(21-10)26-15-22-11-13(18)19-8-20-14(11)23(15)6-1-2-7-24/h3-5,8,24H,1-2,6-7H2,(H2,18,19,20). The number of hydrogen-bond acceptors (Lipinski definition) is 8. The molecule has 0 unspecified atom stereocenters. The Labute approximate surface area is 156 Å². The third-order valence-electron chi connectivity index (χ3n) is 3.84. The summed E-state index contributed by atoms with van der Waals surface area (Å²) in [6.45, 7) is 0.762. The summed E-state index contributed by atoms with van der Waals surface area (Å²) < 4.78 is 17.1. The van der Waals surface area contributed by atoms with Gasteiger partial charge in [-0.2, -0.15) is 0 Å². The quantitative estimate of drug-likeness (QED) is 0.488. The Morgan fingerprint density at radius 1 is 1.23 bits per heavy atom. The van der Waals surface area contributed by atoms with Crippen molar-refractivity contribution in [2.45, 2.75) is 28.9 Å². The number of rotatable bonds is 6. The second kappa shape index (κ2) is 7.14. The van der Waals surface area contributed by atoms with Crippen LogP contribution in [0.1, 0.15) is 12.8 Å². The minimum atomic E-state index is -0.279. The molecule has 3 heterocycles. The third kappa shape index (κ3) is 3.11. The van der Waals surface area contributed by atoms with E-state index < -0.39 is 0 Å². The van der Waals surface area contributed by atoms with Gasteiger partial charge in [0, 0.05) is 13.2 Å². The van der Waals surface area contributed by atoms with Crippen LogP contribution in [-0.4, -0.2) is 36.2 Å². The smallest absolute Gasteiger partial charge is 0.177 e. The zero-order chi connectivity index (χ0) is 18.1. The highest BCUT2D eigenvalue weighted by atomic mass is 32.2. The number of imidazole rings is 1. The van der Waals surface area contributed by atoms with Crippen molar-refractivity contribution in [2.75, 3.05) is 12.3 Å². The number of aromatic nitrogens is 5. The monoisotopic (exact) mass is 390 g/mol. The van der Waals surface area contributed by atoms with Crippen LogP contribution in [0.3, 0.4) is 0 Å². The van der Waals surface area contributed by atoms with E-state index >= 15 is 0 Å². The topological polar surface area (TPSA) is 103 Å². The van der Waals surface area contributed by atoms with E-state index in [1.165, 1.54) is 35.5 Å². The molecule has 4 aromatic rings. The van der Waals surface area contributed by atoms with Gasteiger partial charge in [-0.15, -0.1) is 11.3 Å². The van der Waals surface area contributed by atoms with E-state index in [0.717, 1.165) is 6.42 Å². The Kier molecular flexibility index (Phi) is 4.70. The summed E-state index contributed by atoms with van der Waals surface area (Å²) in [5.41, 5.74) is 7.73. The molecule has 26 heavy (non-hydrogen) atoms. The van der Waals surface area contributed by atoms with Crippen molar-refractivity contribution < 1.29 is 9.50 Å². The van der Waals surface area contributed by atoms with Gasteiger partial charge in [0.05, 0.1) is 10.2 Å². The Morgan fingerprint density at radius 2 is 2.12 bits per heavy atom. The van der Waals surface area contributed by atoms with E-state index in [-0.39, 0.29) is 12.4 Å². The Hall–Kier alpha value is -2.30. The van der Waals surface area contributed by atoms with Crippen LogP contribution in [0, 0.1) is 5.82 Å². The molecule has 0 aliphatic carbocycles. The van der Waals surface area contributed by atoms with Crippen LogP contribution in [0.2, 0.25) is 0 Å². The molecule has 0 aliphatic rings. The summed E-state index contributed by atoms with van der Waals surface area (Å²) in [7, 11) is 0. The number of anilines is 1. The van der Waals surface area contributed by atoms with E-state index in [4.69, 9.17) is 10.8 Å². The van der Waals surface area contributed by atoms with Gasteiger partial charge in [0.1, 0.15) is 12.1 Å². The predicted octanol–water partition coefficient (Wildman–Crippen LogP) is 3.08. The molecule has 3 aromatic heterocycles. The van der Waals surface area contributed by atoms with Gasteiger partial charge in [-0.1, -0.05) is 6.07 Å². The van der Waals surface area contributed by atoms with Crippen LogP contribution >= 0.6 is 23.1 Å². The zero-order valence-corrected chi connectivity index (χ0v) is 15.2. The first-order chi connectivity index (χ1) is 12.7. The second-order valence-electron chi connectivity index (χ2n) is 5.58. The molecule has 134 valence electrons. The van der Waals surface area contributed by atoms with Crippen molar-refractivity contribution in [2.24, 2.45) is 0 Å². The van der Waals surface area contributed by atoms with Crippen LogP contribution in [0.5, 0.6) is 0 Å². The molecule has 4 rings (SSSR count). The molecule has 0 radical (unpaired) electrons. The van der Waals surface area contributed by atoms with Crippen molar-refractivity contribution in [3.8, 4) is 0 Å². The van der Waals surface area contributed by atoms with Crippen LogP contribution < -0.4 is 5.73 Å². The van der Waals surface area contributed by atoms with Crippen LogP contribution in [-0.2, 0) is 6.54 Å². The molecule has 0 atom stereocenters. The molecule has 0 aliphatic heterocycles. The zero-order valence-electron chi connectivity index (χ0n) is 13.6. The minimum Gasteiger partial charge on any atom is -0.396 e. The molecule has 3 N–H and O–H groups in total. The number of thiazole rings is 1. The number of aryl methyl sites for hydroxylation is 1. The fourth-order valence-corrected chi connectivity index (χ4v) is 4.68. The number of nitrogen functional groups attached to an aromatic ring is 1. The number of aliphatic hydroxyl groups is 1. The second-order valence-corrected chi connectivity index (χ2v) is 7.79. The van der Waals surface area contributed by atoms with Crippen LogP contribution in [0.25, 0.3) is 21.4 Å². The van der Waals surface area contributed by atoms with Crippen molar-refractivity contribution in [1.29, 1.82) is 0 Å². The maximum absolute atomic E-state index is 13.9. The fraction of sp³-hybridized carbons (Fsp3) is 0.250. The number of nitrogens with two attached hydrogens (primary N) is 1. The van der Waals surface area contributed by atoms with Crippen molar-refractivity contribution >= 4 is 50.3 Å². The largest absolute Gasteiger partial charge is 0.396 e. The summed E-state index contributed by atoms with van der Waals surface area (Å²) in [5.74, 6) is 0.0338. The highest BCUT2D eigenvalue weighted by Crippen LogP contribution is 2.36. The summed E-state index contributed by atoms with van der Waals surface area (Å²) in [5, 5.41) is 9.71. The molecule has 0 bridgehead atoms. The van der Waals surface area contributed by atoms with Crippen LogP contribution in [0.4, 0.5) is 10.2 Å². The highest BCUT2D eigenvalue weighted by molar-refractivity contribution is 8.01. The molecule has 10 heteroatoms. The molecule has 0 fully saturated rings. The summed E-state index contributed by atoms with van der Waals surface area (Å²) >= 11 is 2.63. The summed E-state index contributed by atoms with van der Waals surface area (Å²) in [4.78, 5) is 17.3. The molecule has 1 aromatic carbocycles. The van der Waals surface area contributed by atoms with Crippen LogP contribution in [0.15, 0.2) is 34.0 Å². The van der Waals surface area contributed by atoms with E-state index in [9.17, 15) is 4.39 Å². The SMILES string of the molecule is Nc1ncnc2c1nc(Sc1nc3cccc(F)c3s1)n2CCCCO. The van der Waals surface area contributed by atoms with Crippen molar-refractivity contribution in [3.05, 3.63) is 30.3 Å². The number of hydrogen-bond donors (Lipinski definition) is 2. The lowest BCUT2D eigenvalue weighted by molar-refractivity contribution is 0.281. The maximum atomic E-state index is 13.9. The van der Waals surface area contributed by atoms with Crippen molar-refractivity contribution in [3.63, 3.8) is 0 Å². The van der Waals surface area contributed by atoms with E-state index in [1.54, 1.807) is 12.1 Å². The molecule has 0 amide bonds. The third-order valence-corrected chi connectivity index (χ3v) is 5.98. The Bertz CT molecular complexity index is 1080. The molecule has 0 spiro atoms. The number of benzene rings is 1. The summed E-state index contributed by atoms with van der Waals surface area (Å²) in [6, 6.07) is 4.86. The minimum absolute atomic E-state index is 0.128. The first-order valence-corrected chi connectivity index (χ1v) is 9.61. The average Bonchev–Trinajstić information content (AvgIpc) is 3.19. The number of aliphatic hydroxyl groups excluding tert-OH is 1.